The van der Waals surface area contributed by atoms with Crippen LogP contribution in [0.5, 0.6) is 0 Å². The SMILES string of the molecule is Cc1ccc([N+](=O)[O-])cc1NC(=O)CN1CCCC1c1cccc2ccccc12. The molecule has 6 heteroatoms. The summed E-state index contributed by atoms with van der Waals surface area (Å²) in [5, 5.41) is 16.3. The van der Waals surface area contributed by atoms with Crippen molar-refractivity contribution in [3.63, 3.8) is 0 Å². The van der Waals surface area contributed by atoms with Crippen molar-refractivity contribution < 1.29 is 9.72 Å². The fourth-order valence-corrected chi connectivity index (χ4v) is 4.14. The summed E-state index contributed by atoms with van der Waals surface area (Å²) in [6, 6.07) is 19.4. The lowest BCUT2D eigenvalue weighted by molar-refractivity contribution is -0.384. The molecule has 3 aromatic carbocycles. The van der Waals surface area contributed by atoms with Crippen LogP contribution < -0.4 is 5.32 Å². The van der Waals surface area contributed by atoms with E-state index in [2.05, 4.69) is 40.5 Å². The molecule has 148 valence electrons. The van der Waals surface area contributed by atoms with Gasteiger partial charge in [-0.05, 0) is 48.2 Å². The van der Waals surface area contributed by atoms with Crippen molar-refractivity contribution in [3.8, 4) is 0 Å². The highest BCUT2D eigenvalue weighted by molar-refractivity contribution is 5.93. The molecule has 1 fully saturated rings. The molecule has 1 unspecified atom stereocenters. The van der Waals surface area contributed by atoms with E-state index in [-0.39, 0.29) is 24.2 Å². The van der Waals surface area contributed by atoms with E-state index in [9.17, 15) is 14.9 Å². The first kappa shape index (κ1) is 19.1. The molecule has 3 aromatic rings. The Morgan fingerprint density at radius 2 is 1.97 bits per heavy atom. The van der Waals surface area contributed by atoms with Crippen molar-refractivity contribution >= 4 is 28.1 Å². The van der Waals surface area contributed by atoms with Crippen LogP contribution in [0.15, 0.2) is 60.7 Å². The van der Waals surface area contributed by atoms with Crippen LogP contribution >= 0.6 is 0 Å². The van der Waals surface area contributed by atoms with Gasteiger partial charge in [0, 0.05) is 18.2 Å². The van der Waals surface area contributed by atoms with Crippen molar-refractivity contribution in [2.75, 3.05) is 18.4 Å². The molecule has 29 heavy (non-hydrogen) atoms. The number of nitro benzene ring substituents is 1. The van der Waals surface area contributed by atoms with E-state index in [1.54, 1.807) is 6.07 Å². The molecule has 1 N–H and O–H groups in total. The number of hydrogen-bond donors (Lipinski definition) is 1. The molecule has 6 nitrogen and oxygen atoms in total. The third-order valence-electron chi connectivity index (χ3n) is 5.60. The van der Waals surface area contributed by atoms with Crippen LogP contribution in [0.25, 0.3) is 10.8 Å². The van der Waals surface area contributed by atoms with E-state index in [0.717, 1.165) is 24.9 Å². The van der Waals surface area contributed by atoms with Gasteiger partial charge in [-0.3, -0.25) is 19.8 Å². The fourth-order valence-electron chi connectivity index (χ4n) is 4.14. The summed E-state index contributed by atoms with van der Waals surface area (Å²) in [6.45, 7) is 2.94. The molecular formula is C23H23N3O3. The largest absolute Gasteiger partial charge is 0.324 e. The minimum atomic E-state index is -0.452. The normalized spacial score (nSPS) is 16.8. The first-order valence-corrected chi connectivity index (χ1v) is 9.79. The van der Waals surface area contributed by atoms with Gasteiger partial charge in [0.1, 0.15) is 0 Å². The summed E-state index contributed by atoms with van der Waals surface area (Å²) in [5.41, 5.74) is 2.52. The zero-order valence-corrected chi connectivity index (χ0v) is 16.3. The van der Waals surface area contributed by atoms with E-state index in [0.29, 0.717) is 5.69 Å². The molecule has 0 aromatic heterocycles. The molecule has 1 aliphatic rings. The number of benzene rings is 3. The highest BCUT2D eigenvalue weighted by atomic mass is 16.6. The van der Waals surface area contributed by atoms with Crippen LogP contribution in [0, 0.1) is 17.0 Å². The van der Waals surface area contributed by atoms with Gasteiger partial charge in [-0.2, -0.15) is 0 Å². The first-order valence-electron chi connectivity index (χ1n) is 9.79. The standard InChI is InChI=1S/C23H23N3O3/c1-16-11-12-18(26(28)29)14-21(16)24-23(27)15-25-13-5-10-22(25)20-9-4-7-17-6-2-3-8-19(17)20/h2-4,6-9,11-12,14,22H,5,10,13,15H2,1H3,(H,24,27). The van der Waals surface area contributed by atoms with Gasteiger partial charge < -0.3 is 5.32 Å². The van der Waals surface area contributed by atoms with Gasteiger partial charge >= 0.3 is 0 Å². The van der Waals surface area contributed by atoms with Crippen molar-refractivity contribution in [3.05, 3.63) is 81.9 Å². The molecular weight excluding hydrogens is 366 g/mol. The van der Waals surface area contributed by atoms with E-state index in [1.807, 2.05) is 19.1 Å². The van der Waals surface area contributed by atoms with E-state index < -0.39 is 4.92 Å². The van der Waals surface area contributed by atoms with Crippen LogP contribution in [0.3, 0.4) is 0 Å². The quantitative estimate of drug-likeness (QED) is 0.501. The number of rotatable bonds is 5. The van der Waals surface area contributed by atoms with Gasteiger partial charge in [-0.15, -0.1) is 0 Å². The monoisotopic (exact) mass is 389 g/mol. The van der Waals surface area contributed by atoms with Gasteiger partial charge in [-0.1, -0.05) is 48.5 Å². The minimum absolute atomic E-state index is 0.0271. The molecule has 1 amide bonds. The maximum Gasteiger partial charge on any atom is 0.271 e. The number of nitrogens with one attached hydrogen (secondary N) is 1. The summed E-state index contributed by atoms with van der Waals surface area (Å²) in [6.07, 6.45) is 2.05. The molecule has 0 aliphatic carbocycles. The number of non-ortho nitro benzene ring substituents is 1. The third-order valence-corrected chi connectivity index (χ3v) is 5.60. The lowest BCUT2D eigenvalue weighted by atomic mass is 9.97. The summed E-state index contributed by atoms with van der Waals surface area (Å²) in [7, 11) is 0. The number of likely N-dealkylation sites (tertiary alicyclic amines) is 1. The second-order valence-corrected chi connectivity index (χ2v) is 7.50. The Morgan fingerprint density at radius 1 is 1.17 bits per heavy atom. The molecule has 1 heterocycles. The number of fused-ring (bicyclic) bond motifs is 1. The average molecular weight is 389 g/mol. The second kappa shape index (κ2) is 8.01. The Morgan fingerprint density at radius 3 is 2.79 bits per heavy atom. The number of hydrogen-bond acceptors (Lipinski definition) is 4. The predicted octanol–water partition coefficient (Wildman–Crippen LogP) is 4.83. The number of aryl methyl sites for hydroxylation is 1. The van der Waals surface area contributed by atoms with Crippen LogP contribution in [-0.2, 0) is 4.79 Å². The summed E-state index contributed by atoms with van der Waals surface area (Å²) in [5.74, 6) is -0.152. The highest BCUT2D eigenvalue weighted by Crippen LogP contribution is 2.35. The minimum Gasteiger partial charge on any atom is -0.324 e. The number of carbonyl (C=O) groups excluding carboxylic acids is 1. The van der Waals surface area contributed by atoms with Gasteiger partial charge in [-0.25, -0.2) is 0 Å². The van der Waals surface area contributed by atoms with Crippen LogP contribution in [-0.4, -0.2) is 28.8 Å². The second-order valence-electron chi connectivity index (χ2n) is 7.50. The third kappa shape index (κ3) is 3.98. The first-order chi connectivity index (χ1) is 14.0. The molecule has 1 saturated heterocycles. The van der Waals surface area contributed by atoms with E-state index in [1.165, 1.54) is 28.5 Å². The topological polar surface area (TPSA) is 75.5 Å². The Bertz CT molecular complexity index is 1070. The van der Waals surface area contributed by atoms with Gasteiger partial charge in [0.2, 0.25) is 5.91 Å². The van der Waals surface area contributed by atoms with Crippen molar-refractivity contribution in [1.29, 1.82) is 0 Å². The zero-order valence-electron chi connectivity index (χ0n) is 16.3. The predicted molar refractivity (Wildman–Crippen MR) is 114 cm³/mol. The van der Waals surface area contributed by atoms with Gasteiger partial charge in [0.25, 0.3) is 5.69 Å². The summed E-state index contributed by atoms with van der Waals surface area (Å²) >= 11 is 0. The van der Waals surface area contributed by atoms with Crippen LogP contribution in [0.2, 0.25) is 0 Å². The molecule has 1 aliphatic heterocycles. The molecule has 0 spiro atoms. The van der Waals surface area contributed by atoms with E-state index >= 15 is 0 Å². The van der Waals surface area contributed by atoms with Gasteiger partial charge in [0.05, 0.1) is 17.2 Å². The van der Waals surface area contributed by atoms with Crippen LogP contribution in [0.1, 0.15) is 30.0 Å². The summed E-state index contributed by atoms with van der Waals surface area (Å²) < 4.78 is 0. The Hall–Kier alpha value is -3.25. The number of nitro groups is 1. The lowest BCUT2D eigenvalue weighted by Gasteiger charge is -2.25. The van der Waals surface area contributed by atoms with Crippen molar-refractivity contribution in [2.24, 2.45) is 0 Å². The van der Waals surface area contributed by atoms with Gasteiger partial charge in [0.15, 0.2) is 0 Å². The van der Waals surface area contributed by atoms with Crippen molar-refractivity contribution in [1.82, 2.24) is 4.90 Å². The maximum absolute atomic E-state index is 12.7. The smallest absolute Gasteiger partial charge is 0.271 e. The molecule has 0 bridgehead atoms. The molecule has 0 saturated carbocycles. The maximum atomic E-state index is 12.7. The average Bonchev–Trinajstić information content (AvgIpc) is 3.16. The number of nitrogens with zero attached hydrogens (tertiary/aromatic N) is 2. The Kier molecular flexibility index (Phi) is 5.27. The highest BCUT2D eigenvalue weighted by Gasteiger charge is 2.28. The fraction of sp³-hybridized carbons (Fsp3) is 0.261. The van der Waals surface area contributed by atoms with Crippen LogP contribution in [0.4, 0.5) is 11.4 Å². The van der Waals surface area contributed by atoms with E-state index in [4.69, 9.17) is 0 Å². The zero-order chi connectivity index (χ0) is 20.4. The number of anilines is 1. The number of carbonyl (C=O) groups is 1. The number of amides is 1. The molecule has 1 atom stereocenters. The lowest BCUT2D eigenvalue weighted by Crippen LogP contribution is -2.33. The Balaban J connectivity index is 1.52. The summed E-state index contributed by atoms with van der Waals surface area (Å²) in [4.78, 5) is 25.5. The molecule has 4 rings (SSSR count). The molecule has 0 radical (unpaired) electrons. The Labute approximate surface area is 169 Å². The van der Waals surface area contributed by atoms with Crippen molar-refractivity contribution in [2.45, 2.75) is 25.8 Å².